The van der Waals surface area contributed by atoms with Gasteiger partial charge in [0.1, 0.15) is 0 Å². The average Bonchev–Trinajstić information content (AvgIpc) is 3.37. The number of fused-ring (bicyclic) bond motifs is 1. The molecule has 1 aromatic heterocycles. The summed E-state index contributed by atoms with van der Waals surface area (Å²) >= 11 is 0. The molecular formula is C37H23N3. The van der Waals surface area contributed by atoms with E-state index < -0.39 is 0 Å². The molecule has 8 rings (SSSR count). The molecular weight excluding hydrogens is 486 g/mol. The van der Waals surface area contributed by atoms with E-state index in [1.165, 1.54) is 43.4 Å². The molecule has 40 heavy (non-hydrogen) atoms. The van der Waals surface area contributed by atoms with E-state index in [2.05, 4.69) is 131 Å². The first-order valence-corrected chi connectivity index (χ1v) is 13.4. The molecule has 0 radical (unpaired) electrons. The van der Waals surface area contributed by atoms with Crippen LogP contribution < -0.4 is 4.90 Å². The lowest BCUT2D eigenvalue weighted by atomic mass is 9.99. The van der Waals surface area contributed by atoms with Crippen molar-refractivity contribution in [3.63, 3.8) is 0 Å². The van der Waals surface area contributed by atoms with Gasteiger partial charge in [-0.05, 0) is 71.4 Å². The molecule has 0 aliphatic rings. The van der Waals surface area contributed by atoms with Crippen LogP contribution >= 0.6 is 0 Å². The fraction of sp³-hybridized carbons (Fsp3) is 0. The Kier molecular flexibility index (Phi) is 4.89. The van der Waals surface area contributed by atoms with E-state index >= 15 is 0 Å². The number of benzene rings is 7. The molecule has 7 aromatic carbocycles. The number of hydrogen-bond donors (Lipinski definition) is 0. The Morgan fingerprint density at radius 1 is 0.500 bits per heavy atom. The van der Waals surface area contributed by atoms with Crippen LogP contribution in [0.25, 0.3) is 49.0 Å². The molecule has 1 heterocycles. The first-order valence-electron chi connectivity index (χ1n) is 13.4. The summed E-state index contributed by atoms with van der Waals surface area (Å²) in [5.41, 5.74) is 7.41. The van der Waals surface area contributed by atoms with Crippen molar-refractivity contribution in [3.05, 3.63) is 145 Å². The van der Waals surface area contributed by atoms with Crippen molar-refractivity contribution < 1.29 is 0 Å². The Hall–Kier alpha value is -5.59. The summed E-state index contributed by atoms with van der Waals surface area (Å²) in [6.07, 6.45) is 0. The lowest BCUT2D eigenvalue weighted by Gasteiger charge is -2.28. The van der Waals surface area contributed by atoms with Gasteiger partial charge in [0.15, 0.2) is 0 Å². The van der Waals surface area contributed by atoms with Gasteiger partial charge in [0.2, 0.25) is 0 Å². The maximum Gasteiger partial charge on any atom is 0.0991 e. The predicted molar refractivity (Wildman–Crippen MR) is 166 cm³/mol. The minimum Gasteiger partial charge on any atom is -0.309 e. The molecule has 0 aliphatic heterocycles. The fourth-order valence-corrected chi connectivity index (χ4v) is 6.22. The van der Waals surface area contributed by atoms with Gasteiger partial charge < -0.3 is 9.47 Å². The zero-order valence-corrected chi connectivity index (χ0v) is 21.6. The molecule has 0 fully saturated rings. The second-order valence-corrected chi connectivity index (χ2v) is 10.1. The van der Waals surface area contributed by atoms with Crippen LogP contribution in [0.3, 0.4) is 0 Å². The summed E-state index contributed by atoms with van der Waals surface area (Å²) in [7, 11) is 0. The number of nitrogens with zero attached hydrogens (tertiary/aromatic N) is 3. The van der Waals surface area contributed by atoms with Crippen LogP contribution in [0.1, 0.15) is 5.56 Å². The maximum atomic E-state index is 9.47. The third-order valence-electron chi connectivity index (χ3n) is 7.95. The summed E-state index contributed by atoms with van der Waals surface area (Å²) in [5, 5.41) is 16.8. The van der Waals surface area contributed by atoms with Gasteiger partial charge in [-0.2, -0.15) is 5.26 Å². The van der Waals surface area contributed by atoms with Crippen molar-refractivity contribution in [2.24, 2.45) is 0 Å². The molecule has 186 valence electrons. The Bertz CT molecular complexity index is 2210. The van der Waals surface area contributed by atoms with Crippen LogP contribution in [0.5, 0.6) is 0 Å². The van der Waals surface area contributed by atoms with Gasteiger partial charge in [-0.1, -0.05) is 78.9 Å². The van der Waals surface area contributed by atoms with E-state index in [4.69, 9.17) is 0 Å². The van der Waals surface area contributed by atoms with Crippen LogP contribution in [0.15, 0.2) is 140 Å². The number of aromatic nitrogens is 1. The Balaban J connectivity index is 1.48. The molecule has 0 amide bonds. The molecule has 0 aliphatic carbocycles. The summed E-state index contributed by atoms with van der Waals surface area (Å²) in [6, 6.07) is 51.3. The zero-order chi connectivity index (χ0) is 26.6. The van der Waals surface area contributed by atoms with E-state index in [0.717, 1.165) is 22.7 Å². The Morgan fingerprint density at radius 3 is 2.05 bits per heavy atom. The summed E-state index contributed by atoms with van der Waals surface area (Å²) in [5.74, 6) is 0. The highest BCUT2D eigenvalue weighted by Crippen LogP contribution is 2.46. The van der Waals surface area contributed by atoms with Gasteiger partial charge in [0, 0.05) is 32.9 Å². The van der Waals surface area contributed by atoms with Crippen molar-refractivity contribution >= 4 is 60.4 Å². The molecule has 0 bridgehead atoms. The molecule has 0 unspecified atom stereocenters. The number of nitriles is 1. The molecule has 0 saturated heterocycles. The Labute approximate surface area is 231 Å². The first-order chi connectivity index (χ1) is 19.8. The van der Waals surface area contributed by atoms with E-state index in [-0.39, 0.29) is 0 Å². The van der Waals surface area contributed by atoms with Crippen molar-refractivity contribution in [1.29, 1.82) is 5.26 Å². The van der Waals surface area contributed by atoms with Gasteiger partial charge >= 0.3 is 0 Å². The third kappa shape index (κ3) is 3.24. The van der Waals surface area contributed by atoms with Crippen molar-refractivity contribution in [2.75, 3.05) is 4.90 Å². The smallest absolute Gasteiger partial charge is 0.0991 e. The van der Waals surface area contributed by atoms with Crippen molar-refractivity contribution in [1.82, 2.24) is 4.57 Å². The topological polar surface area (TPSA) is 32.0 Å². The van der Waals surface area contributed by atoms with Crippen LogP contribution in [0.2, 0.25) is 0 Å². The monoisotopic (exact) mass is 509 g/mol. The molecule has 0 atom stereocenters. The number of rotatable bonds is 4. The minimum absolute atomic E-state index is 0.647. The molecule has 3 nitrogen and oxygen atoms in total. The van der Waals surface area contributed by atoms with E-state index in [1.54, 1.807) is 0 Å². The molecule has 0 spiro atoms. The highest BCUT2D eigenvalue weighted by Gasteiger charge is 2.22. The lowest BCUT2D eigenvalue weighted by molar-refractivity contribution is 1.18. The minimum atomic E-state index is 0.647. The standard InChI is InChI=1S/C37H23N3/c38-24-25-16-19-29(20-17-25)39(32-14-6-9-26-8-4-5-13-30(26)32)33-22-23-35-37-31(33)21-18-27-10-7-15-34(36(27)37)40(35)28-11-2-1-3-12-28/h1-23H. The largest absolute Gasteiger partial charge is 0.309 e. The Morgan fingerprint density at radius 2 is 1.20 bits per heavy atom. The normalized spacial score (nSPS) is 11.5. The highest BCUT2D eigenvalue weighted by atomic mass is 15.1. The third-order valence-corrected chi connectivity index (χ3v) is 7.95. The van der Waals surface area contributed by atoms with Gasteiger partial charge in [-0.3, -0.25) is 0 Å². The fourth-order valence-electron chi connectivity index (χ4n) is 6.22. The lowest BCUT2D eigenvalue weighted by Crippen LogP contribution is -2.11. The van der Waals surface area contributed by atoms with Crippen LogP contribution in [0, 0.1) is 11.3 Å². The van der Waals surface area contributed by atoms with Gasteiger partial charge in [0.05, 0.1) is 34.0 Å². The quantitative estimate of drug-likeness (QED) is 0.221. The maximum absolute atomic E-state index is 9.47. The summed E-state index contributed by atoms with van der Waals surface area (Å²) in [6.45, 7) is 0. The van der Waals surface area contributed by atoms with Crippen LogP contribution in [-0.2, 0) is 0 Å². The molecule has 0 N–H and O–H groups in total. The molecule has 0 saturated carbocycles. The number of anilines is 3. The van der Waals surface area contributed by atoms with Gasteiger partial charge in [-0.15, -0.1) is 0 Å². The van der Waals surface area contributed by atoms with E-state index in [0.29, 0.717) is 5.56 Å². The number of hydrogen-bond acceptors (Lipinski definition) is 2. The average molecular weight is 510 g/mol. The van der Waals surface area contributed by atoms with Gasteiger partial charge in [0.25, 0.3) is 0 Å². The molecule has 8 aromatic rings. The summed E-state index contributed by atoms with van der Waals surface area (Å²) < 4.78 is 2.37. The highest BCUT2D eigenvalue weighted by molar-refractivity contribution is 6.27. The summed E-state index contributed by atoms with van der Waals surface area (Å²) in [4.78, 5) is 2.34. The molecule has 3 heteroatoms. The van der Waals surface area contributed by atoms with Crippen LogP contribution in [0.4, 0.5) is 17.1 Å². The zero-order valence-electron chi connectivity index (χ0n) is 21.6. The van der Waals surface area contributed by atoms with Crippen molar-refractivity contribution in [2.45, 2.75) is 0 Å². The second-order valence-electron chi connectivity index (χ2n) is 10.1. The van der Waals surface area contributed by atoms with Gasteiger partial charge in [-0.25, -0.2) is 0 Å². The van der Waals surface area contributed by atoms with Crippen molar-refractivity contribution in [3.8, 4) is 11.8 Å². The van der Waals surface area contributed by atoms with E-state index in [9.17, 15) is 5.26 Å². The second kappa shape index (κ2) is 8.73. The first kappa shape index (κ1) is 22.4. The predicted octanol–water partition coefficient (Wildman–Crippen LogP) is 9.87. The number of para-hydroxylation sites is 1. The van der Waals surface area contributed by atoms with Crippen LogP contribution in [-0.4, -0.2) is 4.57 Å². The SMILES string of the molecule is N#Cc1ccc(N(c2cccc3ccccc23)c2ccc3c4c2ccc2cccc(c24)n3-c2ccccc2)cc1. The van der Waals surface area contributed by atoms with E-state index in [1.807, 2.05) is 24.3 Å².